The van der Waals surface area contributed by atoms with Crippen molar-refractivity contribution in [2.75, 3.05) is 20.3 Å². The monoisotopic (exact) mass is 456 g/mol. The lowest BCUT2D eigenvalue weighted by atomic mass is 10.0. The molecule has 0 spiro atoms. The number of aromatic carboxylic acids is 1. The third-order valence-electron chi connectivity index (χ3n) is 5.36. The number of carbonyl (C=O) groups is 1. The summed E-state index contributed by atoms with van der Waals surface area (Å²) in [7, 11) is 1.65. The summed E-state index contributed by atoms with van der Waals surface area (Å²) in [6.45, 7) is 6.90. The van der Waals surface area contributed by atoms with Crippen molar-refractivity contribution in [3.8, 4) is 22.8 Å². The van der Waals surface area contributed by atoms with Crippen LogP contribution in [0, 0.1) is 20.8 Å². The maximum atomic E-state index is 12.5. The highest BCUT2D eigenvalue weighted by molar-refractivity contribution is 7.11. The van der Waals surface area contributed by atoms with Gasteiger partial charge in [0.25, 0.3) is 0 Å². The number of thiazole rings is 1. The van der Waals surface area contributed by atoms with Gasteiger partial charge < -0.3 is 23.9 Å². The molecule has 0 bridgehead atoms. The van der Waals surface area contributed by atoms with Crippen molar-refractivity contribution in [3.63, 3.8) is 0 Å². The average Bonchev–Trinajstić information content (AvgIpc) is 3.08. The van der Waals surface area contributed by atoms with E-state index in [4.69, 9.17) is 14.2 Å². The van der Waals surface area contributed by atoms with Crippen LogP contribution in [0.5, 0.6) is 11.5 Å². The van der Waals surface area contributed by atoms with E-state index in [-0.39, 0.29) is 5.56 Å². The van der Waals surface area contributed by atoms with Gasteiger partial charge in [0.15, 0.2) is 10.4 Å². The minimum Gasteiger partial charge on any atom is -0.493 e. The Balaban J connectivity index is 1.84. The molecule has 1 atom stereocenters. The lowest BCUT2D eigenvalue weighted by Gasteiger charge is -2.30. The number of ether oxygens (including phenoxy) is 3. The van der Waals surface area contributed by atoms with E-state index in [2.05, 4.69) is 4.98 Å². The summed E-state index contributed by atoms with van der Waals surface area (Å²) in [6.07, 6.45) is 1.40. The maximum Gasteiger partial charge on any atom is 0.341 e. The van der Waals surface area contributed by atoms with E-state index in [1.54, 1.807) is 11.7 Å². The van der Waals surface area contributed by atoms with Gasteiger partial charge in [0.2, 0.25) is 6.23 Å². The molecule has 8 nitrogen and oxygen atoms in total. The third kappa shape index (κ3) is 4.01. The number of aryl methyl sites for hydroxylation is 3. The van der Waals surface area contributed by atoms with Gasteiger partial charge in [-0.1, -0.05) is 0 Å². The summed E-state index contributed by atoms with van der Waals surface area (Å²) < 4.78 is 19.0. The van der Waals surface area contributed by atoms with Gasteiger partial charge >= 0.3 is 5.97 Å². The summed E-state index contributed by atoms with van der Waals surface area (Å²) in [5, 5.41) is 10.2. The smallest absolute Gasteiger partial charge is 0.341 e. The molecule has 4 rings (SSSR count). The van der Waals surface area contributed by atoms with E-state index in [1.165, 1.54) is 23.6 Å². The molecule has 168 valence electrons. The van der Waals surface area contributed by atoms with Gasteiger partial charge in [0.05, 0.1) is 18.0 Å². The predicted octanol–water partition coefficient (Wildman–Crippen LogP) is 3.95. The Hall–Kier alpha value is -3.17. The van der Waals surface area contributed by atoms with E-state index in [9.17, 15) is 14.7 Å². The van der Waals surface area contributed by atoms with E-state index >= 15 is 0 Å². The van der Waals surface area contributed by atoms with Crippen LogP contribution >= 0.6 is 11.3 Å². The number of pyridine rings is 1. The first-order chi connectivity index (χ1) is 15.3. The van der Waals surface area contributed by atoms with E-state index in [1.807, 2.05) is 32.9 Å². The summed E-state index contributed by atoms with van der Waals surface area (Å²) in [4.78, 5) is 29.8. The summed E-state index contributed by atoms with van der Waals surface area (Å²) in [6, 6.07) is 5.06. The van der Waals surface area contributed by atoms with Gasteiger partial charge in [-0.2, -0.15) is 0 Å². The second-order valence-electron chi connectivity index (χ2n) is 7.62. The molecule has 1 aromatic carbocycles. The highest BCUT2D eigenvalue weighted by Gasteiger charge is 2.31. The molecule has 2 aromatic heterocycles. The SMILES string of the molecule is COCCCOc1cc2c(cc1C)-c1cc(=O)c(C(=O)O)cn1C(c1nc(C)c(C)s1)O2. The van der Waals surface area contributed by atoms with E-state index in [0.717, 1.165) is 22.6 Å². The second kappa shape index (κ2) is 8.76. The number of rotatable bonds is 7. The van der Waals surface area contributed by atoms with Crippen LogP contribution in [0.2, 0.25) is 0 Å². The number of benzene rings is 1. The zero-order valence-corrected chi connectivity index (χ0v) is 19.1. The van der Waals surface area contributed by atoms with Gasteiger partial charge in [-0.05, 0) is 32.4 Å². The minimum atomic E-state index is -1.28. The van der Waals surface area contributed by atoms with Crippen molar-refractivity contribution in [2.45, 2.75) is 33.4 Å². The third-order valence-corrected chi connectivity index (χ3v) is 6.46. The number of carboxylic acid groups (broad SMARTS) is 1. The summed E-state index contributed by atoms with van der Waals surface area (Å²) in [5.41, 5.74) is 2.16. The number of fused-ring (bicyclic) bond motifs is 3. The Morgan fingerprint density at radius 3 is 2.69 bits per heavy atom. The molecule has 0 fully saturated rings. The molecular weight excluding hydrogens is 432 g/mol. The predicted molar refractivity (Wildman–Crippen MR) is 120 cm³/mol. The molecular formula is C23H24N2O6S. The number of carboxylic acids is 1. The molecule has 0 radical (unpaired) electrons. The number of aromatic nitrogens is 2. The molecule has 0 amide bonds. The molecule has 1 N–H and O–H groups in total. The fourth-order valence-corrected chi connectivity index (χ4v) is 4.53. The molecule has 1 aliphatic rings. The fourth-order valence-electron chi connectivity index (χ4n) is 3.58. The molecule has 3 heterocycles. The first kappa shape index (κ1) is 22.0. The number of hydrogen-bond acceptors (Lipinski definition) is 7. The van der Waals surface area contributed by atoms with Gasteiger partial charge in [0.1, 0.15) is 17.1 Å². The maximum absolute atomic E-state index is 12.5. The number of nitrogens with zero attached hydrogens (tertiary/aromatic N) is 2. The van der Waals surface area contributed by atoms with Gasteiger partial charge in [-0.15, -0.1) is 11.3 Å². The van der Waals surface area contributed by atoms with E-state index in [0.29, 0.717) is 41.0 Å². The van der Waals surface area contributed by atoms with Crippen LogP contribution in [0.15, 0.2) is 29.2 Å². The van der Waals surface area contributed by atoms with Crippen molar-refractivity contribution >= 4 is 17.3 Å². The van der Waals surface area contributed by atoms with Crippen LogP contribution in [0.25, 0.3) is 11.3 Å². The Labute approximate surface area is 189 Å². The normalized spacial score (nSPS) is 14.4. The molecule has 32 heavy (non-hydrogen) atoms. The van der Waals surface area contributed by atoms with Crippen molar-refractivity contribution in [3.05, 3.63) is 61.3 Å². The lowest BCUT2D eigenvalue weighted by molar-refractivity contribution is 0.0693. The average molecular weight is 457 g/mol. The topological polar surface area (TPSA) is 99.9 Å². The number of methoxy groups -OCH3 is 1. The highest BCUT2D eigenvalue weighted by atomic mass is 32.1. The first-order valence-electron chi connectivity index (χ1n) is 10.2. The van der Waals surface area contributed by atoms with Crippen molar-refractivity contribution < 1.29 is 24.1 Å². The molecule has 9 heteroatoms. The van der Waals surface area contributed by atoms with Crippen LogP contribution < -0.4 is 14.9 Å². The number of hydrogen-bond donors (Lipinski definition) is 1. The van der Waals surface area contributed by atoms with Crippen LogP contribution in [-0.4, -0.2) is 41.0 Å². The largest absolute Gasteiger partial charge is 0.493 e. The quantitative estimate of drug-likeness (QED) is 0.537. The molecule has 3 aromatic rings. The van der Waals surface area contributed by atoms with Gasteiger partial charge in [-0.3, -0.25) is 4.79 Å². The summed E-state index contributed by atoms with van der Waals surface area (Å²) >= 11 is 1.48. The molecule has 1 aliphatic heterocycles. The zero-order valence-electron chi connectivity index (χ0n) is 18.3. The molecule has 0 aliphatic carbocycles. The fraction of sp³-hybridized carbons (Fsp3) is 0.348. The molecule has 1 unspecified atom stereocenters. The van der Waals surface area contributed by atoms with Crippen LogP contribution in [0.4, 0.5) is 0 Å². The Kier molecular flexibility index (Phi) is 6.03. The lowest BCUT2D eigenvalue weighted by Crippen LogP contribution is -2.27. The van der Waals surface area contributed by atoms with Crippen molar-refractivity contribution in [2.24, 2.45) is 0 Å². The zero-order chi connectivity index (χ0) is 23.0. The van der Waals surface area contributed by atoms with Crippen molar-refractivity contribution in [1.29, 1.82) is 0 Å². The van der Waals surface area contributed by atoms with Crippen LogP contribution in [0.3, 0.4) is 0 Å². The molecule has 0 saturated carbocycles. The Bertz CT molecular complexity index is 1230. The first-order valence-corrected chi connectivity index (χ1v) is 11.0. The van der Waals surface area contributed by atoms with E-state index < -0.39 is 17.6 Å². The van der Waals surface area contributed by atoms with Crippen LogP contribution in [-0.2, 0) is 4.74 Å². The summed E-state index contributed by atoms with van der Waals surface area (Å²) in [5.74, 6) is -0.0456. The van der Waals surface area contributed by atoms with Crippen molar-refractivity contribution in [1.82, 2.24) is 9.55 Å². The Morgan fingerprint density at radius 2 is 2.03 bits per heavy atom. The van der Waals surface area contributed by atoms with Crippen LogP contribution in [0.1, 0.15) is 44.1 Å². The van der Waals surface area contributed by atoms with Gasteiger partial charge in [-0.25, -0.2) is 9.78 Å². The molecule has 0 saturated heterocycles. The minimum absolute atomic E-state index is 0.314. The standard InChI is InChI=1S/C23H24N2O6S/c1-12-8-15-17-9-18(26)16(23(27)28)11-25(17)22(21-24-13(2)14(3)32-21)31-20(15)10-19(12)30-7-5-6-29-4/h8-11,22H,5-7H2,1-4H3,(H,27,28). The van der Waals surface area contributed by atoms with Gasteiger partial charge in [0, 0.05) is 48.9 Å². The second-order valence-corrected chi connectivity index (χ2v) is 8.86. The highest BCUT2D eigenvalue weighted by Crippen LogP contribution is 2.44. The Morgan fingerprint density at radius 1 is 1.25 bits per heavy atom.